The minimum Gasteiger partial charge on any atom is -0.393 e. The molecule has 0 saturated heterocycles. The number of oxime groups is 1. The number of nitrogens with zero attached hydrogens (tertiary/aromatic N) is 1. The molecule has 4 heteroatoms. The third-order valence-corrected chi connectivity index (χ3v) is 7.56. The van der Waals surface area contributed by atoms with Gasteiger partial charge in [0.15, 0.2) is 0 Å². The highest BCUT2D eigenvalue weighted by Gasteiger charge is 2.83. The summed E-state index contributed by atoms with van der Waals surface area (Å²) in [5.41, 5.74) is 1.20. The molecule has 2 bridgehead atoms. The van der Waals surface area contributed by atoms with E-state index in [1.165, 1.54) is 19.3 Å². The molecule has 0 amide bonds. The second-order valence-electron chi connectivity index (χ2n) is 8.29. The first-order valence-electron chi connectivity index (χ1n) is 8.76. The molecule has 1 spiro atoms. The Labute approximate surface area is 130 Å². The van der Waals surface area contributed by atoms with Gasteiger partial charge in [0.2, 0.25) is 0 Å². The highest BCUT2D eigenvalue weighted by molar-refractivity contribution is 5.83. The van der Waals surface area contributed by atoms with Crippen LogP contribution in [0, 0.1) is 28.6 Å². The van der Waals surface area contributed by atoms with Crippen molar-refractivity contribution in [2.24, 2.45) is 33.7 Å². The number of carbonyl (C=O) groups excluding carboxylic acids is 1. The van der Waals surface area contributed by atoms with Gasteiger partial charge < -0.3 is 9.94 Å². The van der Waals surface area contributed by atoms with Crippen LogP contribution in [0.4, 0.5) is 0 Å². The molecule has 6 atom stereocenters. The monoisotopic (exact) mass is 301 g/mol. The topological polar surface area (TPSA) is 58.9 Å². The average molecular weight is 301 g/mol. The number of hydrogen-bond acceptors (Lipinski definition) is 4. The summed E-state index contributed by atoms with van der Waals surface area (Å²) in [6.07, 6.45) is 11.7. The molecule has 4 saturated carbocycles. The fourth-order valence-electron chi connectivity index (χ4n) is 6.73. The Morgan fingerprint density at radius 2 is 2.23 bits per heavy atom. The summed E-state index contributed by atoms with van der Waals surface area (Å²) in [4.78, 5) is 18.0. The van der Waals surface area contributed by atoms with Gasteiger partial charge >= 0.3 is 5.97 Å². The molecule has 22 heavy (non-hydrogen) atoms. The Kier molecular flexibility index (Phi) is 2.55. The lowest BCUT2D eigenvalue weighted by Crippen LogP contribution is -2.69. The Morgan fingerprint density at radius 1 is 1.32 bits per heavy atom. The molecule has 0 heterocycles. The van der Waals surface area contributed by atoms with Crippen molar-refractivity contribution in [2.75, 3.05) is 0 Å². The third-order valence-electron chi connectivity index (χ3n) is 7.56. The number of allylic oxidation sites excluding steroid dienone is 1. The number of carbonyl (C=O) groups is 1. The number of aliphatic hydroxyl groups is 1. The van der Waals surface area contributed by atoms with E-state index in [4.69, 9.17) is 4.84 Å². The molecule has 4 nitrogen and oxygen atoms in total. The number of rotatable bonds is 3. The van der Waals surface area contributed by atoms with Crippen molar-refractivity contribution < 1.29 is 14.7 Å². The van der Waals surface area contributed by atoms with Gasteiger partial charge in [-0.3, -0.25) is 0 Å². The van der Waals surface area contributed by atoms with Crippen LogP contribution in [-0.4, -0.2) is 23.4 Å². The number of hydrogen-bond donors (Lipinski definition) is 1. The van der Waals surface area contributed by atoms with Crippen LogP contribution >= 0.6 is 0 Å². The van der Waals surface area contributed by atoms with Crippen molar-refractivity contribution >= 4 is 12.2 Å². The Balaban J connectivity index is 1.27. The highest BCUT2D eigenvalue weighted by Crippen LogP contribution is 2.86. The Bertz CT molecular complexity index is 597. The van der Waals surface area contributed by atoms with Crippen LogP contribution in [0.1, 0.15) is 51.4 Å². The summed E-state index contributed by atoms with van der Waals surface area (Å²) in [5, 5.41) is 13.4. The van der Waals surface area contributed by atoms with Gasteiger partial charge in [-0.25, -0.2) is 4.79 Å². The fraction of sp³-hybridized carbons (Fsp3) is 0.778. The van der Waals surface area contributed by atoms with E-state index in [0.29, 0.717) is 11.8 Å². The normalized spacial score (nSPS) is 51.0. The smallest absolute Gasteiger partial charge is 0.341 e. The first kappa shape index (κ1) is 13.3. The Hall–Kier alpha value is -1.16. The lowest BCUT2D eigenvalue weighted by molar-refractivity contribution is -0.251. The van der Waals surface area contributed by atoms with Crippen molar-refractivity contribution in [2.45, 2.75) is 57.5 Å². The van der Waals surface area contributed by atoms with E-state index >= 15 is 0 Å². The molecule has 0 aromatic carbocycles. The van der Waals surface area contributed by atoms with E-state index in [0.717, 1.165) is 49.0 Å². The largest absolute Gasteiger partial charge is 0.393 e. The molecule has 4 fully saturated rings. The van der Waals surface area contributed by atoms with E-state index < -0.39 is 0 Å². The van der Waals surface area contributed by atoms with Gasteiger partial charge in [0.05, 0.1) is 17.7 Å². The fourth-order valence-corrected chi connectivity index (χ4v) is 6.73. The summed E-state index contributed by atoms with van der Waals surface area (Å²) in [5.74, 6) is 2.29. The van der Waals surface area contributed by atoms with E-state index in [-0.39, 0.29) is 17.5 Å². The molecular formula is C18H23NO3. The lowest BCUT2D eigenvalue weighted by atomic mass is 9.32. The van der Waals surface area contributed by atoms with E-state index in [1.54, 1.807) is 6.21 Å². The lowest BCUT2D eigenvalue weighted by Gasteiger charge is -2.70. The third kappa shape index (κ3) is 1.43. The highest BCUT2D eigenvalue weighted by atomic mass is 16.7. The molecule has 5 aliphatic rings. The summed E-state index contributed by atoms with van der Waals surface area (Å²) >= 11 is 0. The van der Waals surface area contributed by atoms with Crippen LogP contribution in [0.5, 0.6) is 0 Å². The van der Waals surface area contributed by atoms with Gasteiger partial charge in [-0.05, 0) is 80.1 Å². The van der Waals surface area contributed by atoms with Gasteiger partial charge in [-0.2, -0.15) is 0 Å². The van der Waals surface area contributed by atoms with Gasteiger partial charge in [-0.1, -0.05) is 11.2 Å². The number of fused-ring (bicyclic) bond motifs is 1. The molecular weight excluding hydrogens is 278 g/mol. The molecule has 0 aliphatic heterocycles. The SMILES string of the molecule is O=C(O/N=C/C1=CCC(O)CC1)C12CC3CC4CC(C1)C42C3. The molecule has 6 unspecified atom stereocenters. The first-order chi connectivity index (χ1) is 10.6. The van der Waals surface area contributed by atoms with Gasteiger partial charge in [-0.15, -0.1) is 0 Å². The van der Waals surface area contributed by atoms with Crippen LogP contribution in [0.2, 0.25) is 0 Å². The van der Waals surface area contributed by atoms with Crippen molar-refractivity contribution in [3.63, 3.8) is 0 Å². The van der Waals surface area contributed by atoms with Crippen molar-refractivity contribution in [1.29, 1.82) is 0 Å². The van der Waals surface area contributed by atoms with Crippen LogP contribution in [0.25, 0.3) is 0 Å². The van der Waals surface area contributed by atoms with Crippen molar-refractivity contribution in [3.8, 4) is 0 Å². The summed E-state index contributed by atoms with van der Waals surface area (Å²) in [6.45, 7) is 0. The van der Waals surface area contributed by atoms with E-state index in [1.807, 2.05) is 6.08 Å². The maximum absolute atomic E-state index is 12.7. The Morgan fingerprint density at radius 3 is 2.95 bits per heavy atom. The van der Waals surface area contributed by atoms with Gasteiger partial charge in [0.25, 0.3) is 0 Å². The predicted molar refractivity (Wildman–Crippen MR) is 80.9 cm³/mol. The van der Waals surface area contributed by atoms with Crippen LogP contribution in [0.3, 0.4) is 0 Å². The van der Waals surface area contributed by atoms with Crippen molar-refractivity contribution in [3.05, 3.63) is 11.6 Å². The quantitative estimate of drug-likeness (QED) is 0.495. The second kappa shape index (κ2) is 4.22. The van der Waals surface area contributed by atoms with Crippen LogP contribution in [-0.2, 0) is 9.63 Å². The van der Waals surface area contributed by atoms with Gasteiger partial charge in [0, 0.05) is 0 Å². The zero-order valence-electron chi connectivity index (χ0n) is 12.8. The molecule has 0 aromatic rings. The molecule has 1 N–H and O–H groups in total. The summed E-state index contributed by atoms with van der Waals surface area (Å²) in [7, 11) is 0. The minimum absolute atomic E-state index is 0.0663. The standard InChI is InChI=1S/C18H23NO3/c20-15-3-1-11(2-4-15)10-19-22-16(21)17-7-12-5-13-6-14(9-17)18(13,17)8-12/h1,10,12-15,20H,2-9H2/b19-10+. The molecule has 118 valence electrons. The summed E-state index contributed by atoms with van der Waals surface area (Å²) in [6, 6.07) is 0. The first-order valence-corrected chi connectivity index (χ1v) is 8.76. The average Bonchev–Trinajstić information content (AvgIpc) is 2.98. The summed E-state index contributed by atoms with van der Waals surface area (Å²) < 4.78 is 0. The maximum Gasteiger partial charge on any atom is 0.341 e. The van der Waals surface area contributed by atoms with Gasteiger partial charge in [0.1, 0.15) is 0 Å². The van der Waals surface area contributed by atoms with Crippen LogP contribution < -0.4 is 0 Å². The van der Waals surface area contributed by atoms with E-state index in [2.05, 4.69) is 5.16 Å². The predicted octanol–water partition coefficient (Wildman–Crippen LogP) is 2.81. The molecule has 0 aromatic heterocycles. The molecule has 5 rings (SSSR count). The zero-order chi connectivity index (χ0) is 14.9. The van der Waals surface area contributed by atoms with Crippen LogP contribution in [0.15, 0.2) is 16.8 Å². The second-order valence-corrected chi connectivity index (χ2v) is 8.29. The van der Waals surface area contributed by atoms with E-state index in [9.17, 15) is 9.90 Å². The van der Waals surface area contributed by atoms with Crippen molar-refractivity contribution in [1.82, 2.24) is 0 Å². The zero-order valence-corrected chi connectivity index (χ0v) is 12.8. The molecule has 0 radical (unpaired) electrons. The maximum atomic E-state index is 12.7. The number of aliphatic hydroxyl groups excluding tert-OH is 1. The molecule has 5 aliphatic carbocycles. The minimum atomic E-state index is -0.228.